The number of halogens is 3. The number of carbonyl (C=O) groups is 2. The average molecular weight is 301 g/mol. The summed E-state index contributed by atoms with van der Waals surface area (Å²) in [5.41, 5.74) is -0.584. The van der Waals surface area contributed by atoms with Crippen LogP contribution in [0.2, 0.25) is 0 Å². The number of carboxylic acid groups (broad SMARTS) is 1. The second kappa shape index (κ2) is 5.75. The molecule has 0 unspecified atom stereocenters. The first-order valence-electron chi connectivity index (χ1n) is 6.46. The minimum atomic E-state index is -4.44. The van der Waals surface area contributed by atoms with E-state index in [1.54, 1.807) is 0 Å². The molecule has 0 aliphatic heterocycles. The molecule has 0 spiro atoms. The van der Waals surface area contributed by atoms with Crippen LogP contribution in [0.25, 0.3) is 0 Å². The van der Waals surface area contributed by atoms with Crippen LogP contribution in [0, 0.1) is 5.92 Å². The summed E-state index contributed by atoms with van der Waals surface area (Å²) in [4.78, 5) is 22.1. The van der Waals surface area contributed by atoms with Crippen molar-refractivity contribution in [3.63, 3.8) is 0 Å². The van der Waals surface area contributed by atoms with Gasteiger partial charge in [0.25, 0.3) is 0 Å². The van der Waals surface area contributed by atoms with Crippen LogP contribution in [0.3, 0.4) is 0 Å². The van der Waals surface area contributed by atoms with E-state index in [1.807, 2.05) is 0 Å². The molecule has 2 N–H and O–H groups in total. The quantitative estimate of drug-likeness (QED) is 0.877. The number of hydrogen-bond acceptors (Lipinski definition) is 2. The van der Waals surface area contributed by atoms with Crippen LogP contribution in [0.4, 0.5) is 13.2 Å². The smallest absolute Gasteiger partial charge is 0.416 e. The molecule has 2 atom stereocenters. The highest BCUT2D eigenvalue weighted by atomic mass is 19.4. The van der Waals surface area contributed by atoms with Gasteiger partial charge in [0.05, 0.1) is 12.0 Å². The number of nitrogens with one attached hydrogen (secondary N) is 1. The monoisotopic (exact) mass is 301 g/mol. The predicted octanol–water partition coefficient (Wildman–Crippen LogP) is 2.40. The Kier molecular flexibility index (Phi) is 4.20. The van der Waals surface area contributed by atoms with Gasteiger partial charge in [0.1, 0.15) is 0 Å². The van der Waals surface area contributed by atoms with Gasteiger partial charge in [-0.2, -0.15) is 13.2 Å². The molecule has 7 heteroatoms. The maximum absolute atomic E-state index is 12.9. The van der Waals surface area contributed by atoms with E-state index in [-0.39, 0.29) is 18.5 Å². The lowest BCUT2D eigenvalue weighted by Crippen LogP contribution is -2.27. The van der Waals surface area contributed by atoms with E-state index in [4.69, 9.17) is 5.11 Å². The van der Waals surface area contributed by atoms with Gasteiger partial charge in [-0.25, -0.2) is 0 Å². The first-order valence-corrected chi connectivity index (χ1v) is 6.46. The Morgan fingerprint density at radius 1 is 1.29 bits per heavy atom. The number of carboxylic acids is 1. The molecule has 1 amide bonds. The van der Waals surface area contributed by atoms with Crippen LogP contribution in [0.15, 0.2) is 24.3 Å². The van der Waals surface area contributed by atoms with Crippen molar-refractivity contribution in [2.45, 2.75) is 24.9 Å². The Labute approximate surface area is 119 Å². The summed E-state index contributed by atoms with van der Waals surface area (Å²) < 4.78 is 38.7. The normalized spacial score (nSPS) is 20.9. The largest absolute Gasteiger partial charge is 0.481 e. The molecule has 114 valence electrons. The number of carbonyl (C=O) groups excluding carboxylic acids is 1. The van der Waals surface area contributed by atoms with Crippen LogP contribution in [0.5, 0.6) is 0 Å². The van der Waals surface area contributed by atoms with Gasteiger partial charge in [-0.15, -0.1) is 0 Å². The minimum Gasteiger partial charge on any atom is -0.481 e. The van der Waals surface area contributed by atoms with Gasteiger partial charge in [0.2, 0.25) is 5.91 Å². The van der Waals surface area contributed by atoms with E-state index in [1.165, 1.54) is 18.2 Å². The van der Waals surface area contributed by atoms with Crippen molar-refractivity contribution in [2.75, 3.05) is 6.54 Å². The minimum absolute atomic E-state index is 0.0156. The highest BCUT2D eigenvalue weighted by Crippen LogP contribution is 2.50. The first-order chi connectivity index (χ1) is 9.80. The van der Waals surface area contributed by atoms with Gasteiger partial charge < -0.3 is 10.4 Å². The van der Waals surface area contributed by atoms with Gasteiger partial charge >= 0.3 is 12.1 Å². The summed E-state index contributed by atoms with van der Waals surface area (Å²) in [6.45, 7) is -0.0156. The molecule has 1 saturated carbocycles. The summed E-state index contributed by atoms with van der Waals surface area (Å²) in [5, 5.41) is 10.9. The third kappa shape index (κ3) is 3.74. The van der Waals surface area contributed by atoms with Crippen LogP contribution >= 0.6 is 0 Å². The van der Waals surface area contributed by atoms with Crippen molar-refractivity contribution in [1.82, 2.24) is 5.32 Å². The fraction of sp³-hybridized carbons (Fsp3) is 0.429. The van der Waals surface area contributed by atoms with E-state index in [9.17, 15) is 22.8 Å². The molecule has 0 heterocycles. The van der Waals surface area contributed by atoms with Crippen molar-refractivity contribution in [1.29, 1.82) is 0 Å². The van der Waals surface area contributed by atoms with Gasteiger partial charge in [0, 0.05) is 12.5 Å². The number of aliphatic carboxylic acids is 1. The van der Waals surface area contributed by atoms with E-state index >= 15 is 0 Å². The van der Waals surface area contributed by atoms with Crippen LogP contribution < -0.4 is 5.32 Å². The standard InChI is InChI=1S/C14H14F3NO3/c15-14(16,17)11-4-2-1-3-8(11)9-7-10(9)13(21)18-6-5-12(19)20/h1-4,9-10H,5-7H2,(H,18,21)(H,19,20)/t9-,10+/m0/s1. The molecule has 4 nitrogen and oxygen atoms in total. The van der Waals surface area contributed by atoms with E-state index < -0.39 is 35.5 Å². The second-order valence-corrected chi connectivity index (χ2v) is 4.97. The Bertz CT molecular complexity index is 557. The topological polar surface area (TPSA) is 66.4 Å². The van der Waals surface area contributed by atoms with Crippen LogP contribution in [0.1, 0.15) is 29.9 Å². The maximum atomic E-state index is 12.9. The van der Waals surface area contributed by atoms with Gasteiger partial charge in [-0.05, 0) is 24.0 Å². The molecule has 0 radical (unpaired) electrons. The molecule has 1 aromatic carbocycles. The number of hydrogen-bond donors (Lipinski definition) is 2. The van der Waals surface area contributed by atoms with Crippen molar-refractivity contribution < 1.29 is 27.9 Å². The first kappa shape index (κ1) is 15.3. The Morgan fingerprint density at radius 2 is 1.95 bits per heavy atom. The zero-order chi connectivity index (χ0) is 15.6. The van der Waals surface area contributed by atoms with Gasteiger partial charge in [-0.3, -0.25) is 9.59 Å². The zero-order valence-corrected chi connectivity index (χ0v) is 11.0. The zero-order valence-electron chi connectivity index (χ0n) is 11.0. The highest BCUT2D eigenvalue weighted by Gasteiger charge is 2.47. The summed E-state index contributed by atoms with van der Waals surface area (Å²) in [6, 6.07) is 5.23. The van der Waals surface area contributed by atoms with Gasteiger partial charge in [-0.1, -0.05) is 18.2 Å². The Balaban J connectivity index is 2.00. The third-order valence-corrected chi connectivity index (χ3v) is 3.43. The van der Waals surface area contributed by atoms with Crippen molar-refractivity contribution in [3.05, 3.63) is 35.4 Å². The Morgan fingerprint density at radius 3 is 2.57 bits per heavy atom. The van der Waals surface area contributed by atoms with Crippen LogP contribution in [-0.4, -0.2) is 23.5 Å². The van der Waals surface area contributed by atoms with E-state index in [0.29, 0.717) is 6.42 Å². The molecule has 21 heavy (non-hydrogen) atoms. The molecule has 1 aromatic rings. The molecule has 0 saturated heterocycles. The fourth-order valence-corrected chi connectivity index (χ4v) is 2.33. The van der Waals surface area contributed by atoms with Gasteiger partial charge in [0.15, 0.2) is 0 Å². The third-order valence-electron chi connectivity index (χ3n) is 3.43. The molecular weight excluding hydrogens is 287 g/mol. The number of rotatable bonds is 5. The molecule has 1 fully saturated rings. The molecular formula is C14H14F3NO3. The lowest BCUT2D eigenvalue weighted by Gasteiger charge is -2.12. The SMILES string of the molecule is O=C(O)CCNC(=O)[C@@H]1C[C@H]1c1ccccc1C(F)(F)F. The predicted molar refractivity (Wildman–Crippen MR) is 67.6 cm³/mol. The maximum Gasteiger partial charge on any atom is 0.416 e. The lowest BCUT2D eigenvalue weighted by atomic mass is 10.0. The second-order valence-electron chi connectivity index (χ2n) is 4.97. The summed E-state index contributed by atoms with van der Waals surface area (Å²) in [7, 11) is 0. The van der Waals surface area contributed by atoms with E-state index in [0.717, 1.165) is 6.07 Å². The van der Waals surface area contributed by atoms with Crippen LogP contribution in [-0.2, 0) is 15.8 Å². The number of amides is 1. The summed E-state index contributed by atoms with van der Waals surface area (Å²) >= 11 is 0. The summed E-state index contributed by atoms with van der Waals surface area (Å²) in [5.74, 6) is -2.39. The lowest BCUT2D eigenvalue weighted by molar-refractivity contribution is -0.139. The molecule has 1 aliphatic rings. The number of benzene rings is 1. The average Bonchev–Trinajstić information content (AvgIpc) is 3.17. The molecule has 0 aromatic heterocycles. The molecule has 2 rings (SSSR count). The molecule has 1 aliphatic carbocycles. The van der Waals surface area contributed by atoms with Crippen molar-refractivity contribution >= 4 is 11.9 Å². The van der Waals surface area contributed by atoms with Crippen molar-refractivity contribution in [3.8, 4) is 0 Å². The number of alkyl halides is 3. The Hall–Kier alpha value is -2.05. The molecule has 0 bridgehead atoms. The summed E-state index contributed by atoms with van der Waals surface area (Å²) in [6.07, 6.45) is -4.29. The highest BCUT2D eigenvalue weighted by molar-refractivity contribution is 5.83. The fourth-order valence-electron chi connectivity index (χ4n) is 2.33. The van der Waals surface area contributed by atoms with Crippen molar-refractivity contribution in [2.24, 2.45) is 5.92 Å². The van der Waals surface area contributed by atoms with E-state index in [2.05, 4.69) is 5.32 Å².